The van der Waals surface area contributed by atoms with Gasteiger partial charge < -0.3 is 10.1 Å². The number of nitrogens with one attached hydrogen (secondary N) is 1. The van der Waals surface area contributed by atoms with Gasteiger partial charge in [0.15, 0.2) is 6.10 Å². The Balaban J connectivity index is 1.75. The van der Waals surface area contributed by atoms with Crippen LogP contribution in [-0.2, 0) is 4.79 Å². The molecule has 0 aliphatic heterocycles. The van der Waals surface area contributed by atoms with E-state index in [4.69, 9.17) is 4.74 Å². The van der Waals surface area contributed by atoms with Crippen molar-refractivity contribution in [1.82, 2.24) is 0 Å². The van der Waals surface area contributed by atoms with Gasteiger partial charge in [-0.2, -0.15) is 0 Å². The van der Waals surface area contributed by atoms with Crippen LogP contribution in [0.2, 0.25) is 0 Å². The fourth-order valence-corrected chi connectivity index (χ4v) is 2.51. The van der Waals surface area contributed by atoms with E-state index in [1.54, 1.807) is 6.92 Å². The summed E-state index contributed by atoms with van der Waals surface area (Å²) in [7, 11) is 0. The second-order valence-corrected chi connectivity index (χ2v) is 5.60. The van der Waals surface area contributed by atoms with Crippen LogP contribution in [0.3, 0.4) is 0 Å². The molecule has 0 aromatic heterocycles. The summed E-state index contributed by atoms with van der Waals surface area (Å²) < 4.78 is 5.88. The molecule has 3 rings (SSSR count). The fourth-order valence-electron chi connectivity index (χ4n) is 2.51. The number of ether oxygens (including phenoxy) is 1. The van der Waals surface area contributed by atoms with Crippen molar-refractivity contribution < 1.29 is 9.53 Å². The van der Waals surface area contributed by atoms with Crippen molar-refractivity contribution in [3.63, 3.8) is 0 Å². The van der Waals surface area contributed by atoms with Crippen LogP contribution in [0.5, 0.6) is 5.75 Å². The van der Waals surface area contributed by atoms with E-state index in [1.165, 1.54) is 0 Å². The highest BCUT2D eigenvalue weighted by atomic mass is 16.5. The van der Waals surface area contributed by atoms with Gasteiger partial charge in [-0.1, -0.05) is 48.5 Å². The number of amides is 1. The topological polar surface area (TPSA) is 38.3 Å². The lowest BCUT2D eigenvalue weighted by molar-refractivity contribution is -0.122. The summed E-state index contributed by atoms with van der Waals surface area (Å²) in [5.41, 5.74) is 1.88. The van der Waals surface area contributed by atoms with Gasteiger partial charge in [0.2, 0.25) is 0 Å². The molecule has 3 heteroatoms. The lowest BCUT2D eigenvalue weighted by Gasteiger charge is -2.16. The molecule has 1 N–H and O–H groups in total. The molecule has 1 atom stereocenters. The number of carbonyl (C=O) groups is 1. The monoisotopic (exact) mass is 305 g/mol. The Kier molecular flexibility index (Phi) is 4.29. The predicted molar refractivity (Wildman–Crippen MR) is 93.8 cm³/mol. The molecule has 0 saturated carbocycles. The molecule has 3 aromatic rings. The number of anilines is 1. The summed E-state index contributed by atoms with van der Waals surface area (Å²) in [5, 5.41) is 4.99. The van der Waals surface area contributed by atoms with E-state index in [9.17, 15) is 4.79 Å². The molecular weight excluding hydrogens is 286 g/mol. The molecule has 23 heavy (non-hydrogen) atoms. The molecule has 0 saturated heterocycles. The van der Waals surface area contributed by atoms with Crippen molar-refractivity contribution in [2.75, 3.05) is 5.32 Å². The van der Waals surface area contributed by atoms with Crippen LogP contribution in [0.25, 0.3) is 10.8 Å². The molecule has 116 valence electrons. The summed E-state index contributed by atoms with van der Waals surface area (Å²) in [6, 6.07) is 21.5. The first-order chi connectivity index (χ1) is 11.1. The van der Waals surface area contributed by atoms with E-state index in [-0.39, 0.29) is 5.91 Å². The summed E-state index contributed by atoms with van der Waals surface area (Å²) in [6.45, 7) is 3.75. The van der Waals surface area contributed by atoms with E-state index in [2.05, 4.69) is 5.32 Å². The number of benzene rings is 3. The maximum atomic E-state index is 12.3. The standard InChI is InChI=1S/C20H19NO2/c1-14-7-5-10-17(13-14)21-20(22)15(2)23-19-12-6-9-16-8-3-4-11-18(16)19/h3-13,15H,1-2H3,(H,21,22)/t15-/m0/s1. The van der Waals surface area contributed by atoms with Gasteiger partial charge in [-0.25, -0.2) is 0 Å². The molecule has 1 amide bonds. The second-order valence-electron chi connectivity index (χ2n) is 5.60. The van der Waals surface area contributed by atoms with Crippen molar-refractivity contribution in [3.8, 4) is 5.75 Å². The van der Waals surface area contributed by atoms with Gasteiger partial charge >= 0.3 is 0 Å². The first kappa shape index (κ1) is 15.1. The Bertz CT molecular complexity index is 836. The zero-order chi connectivity index (χ0) is 16.2. The molecule has 0 spiro atoms. The Morgan fingerprint density at radius 3 is 2.57 bits per heavy atom. The Morgan fingerprint density at radius 2 is 1.74 bits per heavy atom. The van der Waals surface area contributed by atoms with Crippen LogP contribution in [0, 0.1) is 6.92 Å². The van der Waals surface area contributed by atoms with E-state index in [0.717, 1.165) is 27.8 Å². The third-order valence-corrected chi connectivity index (χ3v) is 3.71. The van der Waals surface area contributed by atoms with Gasteiger partial charge in [-0.05, 0) is 43.0 Å². The van der Waals surface area contributed by atoms with Crippen LogP contribution in [0.1, 0.15) is 12.5 Å². The van der Waals surface area contributed by atoms with Crippen molar-refractivity contribution in [1.29, 1.82) is 0 Å². The maximum absolute atomic E-state index is 12.3. The highest BCUT2D eigenvalue weighted by Crippen LogP contribution is 2.26. The second kappa shape index (κ2) is 6.53. The largest absolute Gasteiger partial charge is 0.480 e. The average Bonchev–Trinajstić information content (AvgIpc) is 2.55. The predicted octanol–water partition coefficient (Wildman–Crippen LogP) is 4.55. The van der Waals surface area contributed by atoms with Gasteiger partial charge in [0.1, 0.15) is 5.75 Å². The van der Waals surface area contributed by atoms with Crippen molar-refractivity contribution in [2.24, 2.45) is 0 Å². The third-order valence-electron chi connectivity index (χ3n) is 3.71. The Morgan fingerprint density at radius 1 is 1.00 bits per heavy atom. The van der Waals surface area contributed by atoms with Crippen LogP contribution in [0.15, 0.2) is 66.7 Å². The molecule has 0 aliphatic rings. The fraction of sp³-hybridized carbons (Fsp3) is 0.150. The Labute approximate surface area is 135 Å². The van der Waals surface area contributed by atoms with E-state index in [1.807, 2.05) is 73.7 Å². The number of fused-ring (bicyclic) bond motifs is 1. The maximum Gasteiger partial charge on any atom is 0.265 e. The van der Waals surface area contributed by atoms with Crippen molar-refractivity contribution in [2.45, 2.75) is 20.0 Å². The minimum atomic E-state index is -0.582. The van der Waals surface area contributed by atoms with Crippen LogP contribution < -0.4 is 10.1 Å². The first-order valence-electron chi connectivity index (χ1n) is 7.65. The van der Waals surface area contributed by atoms with Crippen molar-refractivity contribution in [3.05, 3.63) is 72.3 Å². The molecule has 0 fully saturated rings. The van der Waals surface area contributed by atoms with Gasteiger partial charge in [0.25, 0.3) is 5.91 Å². The van der Waals surface area contributed by atoms with Crippen LogP contribution in [-0.4, -0.2) is 12.0 Å². The lowest BCUT2D eigenvalue weighted by atomic mass is 10.1. The first-order valence-corrected chi connectivity index (χ1v) is 7.65. The molecular formula is C20H19NO2. The molecule has 0 unspecified atom stereocenters. The third kappa shape index (κ3) is 3.51. The summed E-state index contributed by atoms with van der Waals surface area (Å²) in [5.74, 6) is 0.554. The highest BCUT2D eigenvalue weighted by Gasteiger charge is 2.16. The lowest BCUT2D eigenvalue weighted by Crippen LogP contribution is -2.30. The SMILES string of the molecule is Cc1cccc(NC(=O)[C@H](C)Oc2cccc3ccccc23)c1. The molecule has 0 radical (unpaired) electrons. The number of carbonyl (C=O) groups excluding carboxylic acids is 1. The minimum absolute atomic E-state index is 0.163. The molecule has 3 nitrogen and oxygen atoms in total. The quantitative estimate of drug-likeness (QED) is 0.767. The number of hydrogen-bond donors (Lipinski definition) is 1. The van der Waals surface area contributed by atoms with Crippen molar-refractivity contribution >= 4 is 22.4 Å². The van der Waals surface area contributed by atoms with Crippen LogP contribution in [0.4, 0.5) is 5.69 Å². The van der Waals surface area contributed by atoms with Gasteiger partial charge in [-0.3, -0.25) is 4.79 Å². The minimum Gasteiger partial charge on any atom is -0.480 e. The molecule has 0 heterocycles. The van der Waals surface area contributed by atoms with E-state index < -0.39 is 6.10 Å². The summed E-state index contributed by atoms with van der Waals surface area (Å²) in [4.78, 5) is 12.3. The van der Waals surface area contributed by atoms with Gasteiger partial charge in [-0.15, -0.1) is 0 Å². The van der Waals surface area contributed by atoms with Gasteiger partial charge in [0.05, 0.1) is 0 Å². The average molecular weight is 305 g/mol. The number of rotatable bonds is 4. The highest BCUT2D eigenvalue weighted by molar-refractivity contribution is 5.95. The number of aryl methyl sites for hydroxylation is 1. The summed E-state index contributed by atoms with van der Waals surface area (Å²) >= 11 is 0. The van der Waals surface area contributed by atoms with Crippen LogP contribution >= 0.6 is 0 Å². The summed E-state index contributed by atoms with van der Waals surface area (Å²) in [6.07, 6.45) is -0.582. The zero-order valence-corrected chi connectivity index (χ0v) is 13.2. The Hall–Kier alpha value is -2.81. The van der Waals surface area contributed by atoms with E-state index in [0.29, 0.717) is 0 Å². The smallest absolute Gasteiger partial charge is 0.265 e. The molecule has 3 aromatic carbocycles. The normalized spacial score (nSPS) is 11.9. The van der Waals surface area contributed by atoms with E-state index >= 15 is 0 Å². The number of hydrogen-bond acceptors (Lipinski definition) is 2. The zero-order valence-electron chi connectivity index (χ0n) is 13.2. The van der Waals surface area contributed by atoms with Gasteiger partial charge in [0, 0.05) is 11.1 Å². The molecule has 0 aliphatic carbocycles. The molecule has 0 bridgehead atoms.